The number of halogens is 2. The van der Waals surface area contributed by atoms with E-state index in [4.69, 9.17) is 23.2 Å². The van der Waals surface area contributed by atoms with Gasteiger partial charge in [0.15, 0.2) is 5.70 Å². The summed E-state index contributed by atoms with van der Waals surface area (Å²) in [6, 6.07) is 3.15. The van der Waals surface area contributed by atoms with Crippen molar-refractivity contribution in [3.8, 4) is 0 Å². The molecule has 1 fully saturated rings. The molecule has 2 amide bonds. The first-order chi connectivity index (χ1) is 11.8. The van der Waals surface area contributed by atoms with Crippen LogP contribution in [-0.2, 0) is 14.4 Å². The van der Waals surface area contributed by atoms with Gasteiger partial charge in [0.1, 0.15) is 10.3 Å². The zero-order chi connectivity index (χ0) is 18.1. The summed E-state index contributed by atoms with van der Waals surface area (Å²) in [4.78, 5) is 41.0. The highest BCUT2D eigenvalue weighted by Gasteiger charge is 2.45. The monoisotopic (exact) mass is 419 g/mol. The molecule has 3 heterocycles. The maximum absolute atomic E-state index is 12.2. The molecule has 1 aromatic rings. The van der Waals surface area contributed by atoms with Gasteiger partial charge in [0.05, 0.1) is 23.2 Å². The summed E-state index contributed by atoms with van der Waals surface area (Å²) in [5.74, 6) is -1.49. The Morgan fingerprint density at radius 2 is 2.08 bits per heavy atom. The van der Waals surface area contributed by atoms with Crippen LogP contribution in [0.1, 0.15) is 6.42 Å². The number of hydrogen-bond donors (Lipinski definition) is 2. The average Bonchev–Trinajstić information content (AvgIpc) is 2.52. The Labute approximate surface area is 161 Å². The Hall–Kier alpha value is -1.42. The first-order valence-corrected chi connectivity index (χ1v) is 9.80. The Balaban J connectivity index is 1.68. The SMILES string of the molecule is O=C(CSc1cc(Cl)nc(Cl)c1)NC1=C(C(=O)O)N2C(=O)CC2SC1. The van der Waals surface area contributed by atoms with E-state index in [1.54, 1.807) is 12.1 Å². The molecule has 0 spiro atoms. The highest BCUT2D eigenvalue weighted by Crippen LogP contribution is 2.39. The number of aromatic nitrogens is 1. The van der Waals surface area contributed by atoms with Crippen molar-refractivity contribution in [1.82, 2.24) is 15.2 Å². The fourth-order valence-corrected chi connectivity index (χ4v) is 4.94. The lowest BCUT2D eigenvalue weighted by Gasteiger charge is -2.43. The number of rotatable bonds is 5. The van der Waals surface area contributed by atoms with E-state index < -0.39 is 5.97 Å². The number of hydrogen-bond acceptors (Lipinski definition) is 6. The number of pyridine rings is 1. The lowest BCUT2D eigenvalue weighted by molar-refractivity contribution is -0.146. The minimum absolute atomic E-state index is 0.0368. The van der Waals surface area contributed by atoms with E-state index in [-0.39, 0.29) is 44.6 Å². The second-order valence-electron chi connectivity index (χ2n) is 5.15. The van der Waals surface area contributed by atoms with Crippen molar-refractivity contribution in [2.24, 2.45) is 0 Å². The molecule has 1 atom stereocenters. The third-order valence-electron chi connectivity index (χ3n) is 3.45. The van der Waals surface area contributed by atoms with Gasteiger partial charge < -0.3 is 10.4 Å². The van der Waals surface area contributed by atoms with Gasteiger partial charge in [-0.25, -0.2) is 9.78 Å². The molecule has 1 saturated heterocycles. The fourth-order valence-electron chi connectivity index (χ4n) is 2.39. The number of carboxylic acids is 1. The number of carboxylic acid groups (broad SMARTS) is 1. The molecule has 2 aliphatic rings. The van der Waals surface area contributed by atoms with Crippen LogP contribution in [0.3, 0.4) is 0 Å². The quantitative estimate of drug-likeness (QED) is 0.428. The minimum atomic E-state index is -1.23. The lowest BCUT2D eigenvalue weighted by Crippen LogP contribution is -2.55. The molecule has 132 valence electrons. The van der Waals surface area contributed by atoms with Gasteiger partial charge in [0, 0.05) is 10.6 Å². The molecule has 0 saturated carbocycles. The number of nitrogens with zero attached hydrogens (tertiary/aromatic N) is 2. The summed E-state index contributed by atoms with van der Waals surface area (Å²) >= 11 is 14.2. The zero-order valence-electron chi connectivity index (χ0n) is 12.5. The molecule has 1 unspecified atom stereocenters. The topological polar surface area (TPSA) is 99.6 Å². The second-order valence-corrected chi connectivity index (χ2v) is 8.14. The van der Waals surface area contributed by atoms with Crippen molar-refractivity contribution in [3.05, 3.63) is 33.8 Å². The molecule has 0 radical (unpaired) electrons. The zero-order valence-corrected chi connectivity index (χ0v) is 15.6. The molecule has 25 heavy (non-hydrogen) atoms. The smallest absolute Gasteiger partial charge is 0.354 e. The summed E-state index contributed by atoms with van der Waals surface area (Å²) in [5.41, 5.74) is 0.0894. The van der Waals surface area contributed by atoms with E-state index in [0.717, 1.165) is 0 Å². The molecule has 11 heteroatoms. The van der Waals surface area contributed by atoms with Gasteiger partial charge >= 0.3 is 5.97 Å². The number of fused-ring (bicyclic) bond motifs is 1. The van der Waals surface area contributed by atoms with Gasteiger partial charge in [-0.2, -0.15) is 0 Å². The molecule has 0 bridgehead atoms. The van der Waals surface area contributed by atoms with Crippen LogP contribution in [0.2, 0.25) is 10.3 Å². The molecule has 1 aromatic heterocycles. The minimum Gasteiger partial charge on any atom is -0.477 e. The van der Waals surface area contributed by atoms with Crippen LogP contribution in [0.5, 0.6) is 0 Å². The van der Waals surface area contributed by atoms with Crippen LogP contribution in [0.15, 0.2) is 28.4 Å². The summed E-state index contributed by atoms with van der Waals surface area (Å²) in [6.45, 7) is 0. The molecule has 0 aromatic carbocycles. The van der Waals surface area contributed by atoms with Crippen molar-refractivity contribution in [2.45, 2.75) is 16.7 Å². The van der Waals surface area contributed by atoms with Crippen molar-refractivity contribution in [1.29, 1.82) is 0 Å². The van der Waals surface area contributed by atoms with Crippen LogP contribution in [-0.4, -0.2) is 49.7 Å². The second kappa shape index (κ2) is 7.45. The number of carbonyl (C=O) groups is 3. The Bertz CT molecular complexity index is 782. The van der Waals surface area contributed by atoms with E-state index in [9.17, 15) is 19.5 Å². The first kappa shape index (κ1) is 18.4. The molecule has 7 nitrogen and oxygen atoms in total. The third-order valence-corrected chi connectivity index (χ3v) is 6.03. The predicted molar refractivity (Wildman–Crippen MR) is 95.5 cm³/mol. The summed E-state index contributed by atoms with van der Waals surface area (Å²) in [6.07, 6.45) is 0.322. The Kier molecular flexibility index (Phi) is 5.47. The summed E-state index contributed by atoms with van der Waals surface area (Å²) in [7, 11) is 0. The highest BCUT2D eigenvalue weighted by molar-refractivity contribution is 8.00. The summed E-state index contributed by atoms with van der Waals surface area (Å²) < 4.78 is 0. The lowest BCUT2D eigenvalue weighted by atomic mass is 10.1. The van der Waals surface area contributed by atoms with Crippen LogP contribution in [0.25, 0.3) is 0 Å². The molecular weight excluding hydrogens is 409 g/mol. The van der Waals surface area contributed by atoms with Gasteiger partial charge in [-0.1, -0.05) is 23.2 Å². The maximum Gasteiger partial charge on any atom is 0.354 e. The number of carbonyl (C=O) groups excluding carboxylic acids is 2. The summed E-state index contributed by atoms with van der Waals surface area (Å²) in [5, 5.41) is 12.3. The molecule has 2 N–H and O–H groups in total. The van der Waals surface area contributed by atoms with E-state index in [2.05, 4.69) is 10.3 Å². The van der Waals surface area contributed by atoms with Crippen molar-refractivity contribution in [3.63, 3.8) is 0 Å². The maximum atomic E-state index is 12.2. The van der Waals surface area contributed by atoms with Crippen LogP contribution in [0.4, 0.5) is 0 Å². The molecular formula is C14H11Cl2N3O4S2. The van der Waals surface area contributed by atoms with Gasteiger partial charge in [-0.05, 0) is 12.1 Å². The predicted octanol–water partition coefficient (Wildman–Crippen LogP) is 2.20. The number of thioether (sulfide) groups is 2. The number of nitrogens with one attached hydrogen (secondary N) is 1. The van der Waals surface area contributed by atoms with Gasteiger partial charge in [-0.15, -0.1) is 23.5 Å². The average molecular weight is 420 g/mol. The van der Waals surface area contributed by atoms with Gasteiger partial charge in [0.25, 0.3) is 0 Å². The Morgan fingerprint density at radius 3 is 2.68 bits per heavy atom. The van der Waals surface area contributed by atoms with Gasteiger partial charge in [-0.3, -0.25) is 14.5 Å². The van der Waals surface area contributed by atoms with Crippen LogP contribution in [0, 0.1) is 0 Å². The highest BCUT2D eigenvalue weighted by atomic mass is 35.5. The fraction of sp³-hybridized carbons (Fsp3) is 0.286. The molecule has 2 aliphatic heterocycles. The molecule has 0 aliphatic carbocycles. The first-order valence-electron chi connectivity index (χ1n) is 7.01. The van der Waals surface area contributed by atoms with Crippen molar-refractivity contribution in [2.75, 3.05) is 11.5 Å². The van der Waals surface area contributed by atoms with E-state index >= 15 is 0 Å². The van der Waals surface area contributed by atoms with E-state index in [1.165, 1.54) is 28.4 Å². The number of β-lactam (4-membered cyclic amide) rings is 1. The Morgan fingerprint density at radius 1 is 1.40 bits per heavy atom. The van der Waals surface area contributed by atoms with Crippen LogP contribution < -0.4 is 5.32 Å². The van der Waals surface area contributed by atoms with Gasteiger partial charge in [0.2, 0.25) is 11.8 Å². The van der Waals surface area contributed by atoms with Crippen molar-refractivity contribution < 1.29 is 19.5 Å². The number of aliphatic carboxylic acids is 1. The van der Waals surface area contributed by atoms with E-state index in [1.807, 2.05) is 0 Å². The standard InChI is InChI=1S/C14H11Cl2N3O4S2/c15-8-1-6(2-9(16)18-8)24-5-10(20)17-7-4-25-12-3-11(21)19(12)13(7)14(22)23/h1-2,12H,3-5H2,(H,17,20)(H,22,23). The van der Waals surface area contributed by atoms with Crippen molar-refractivity contribution >= 4 is 64.5 Å². The number of amides is 2. The molecule has 3 rings (SSSR count). The third kappa shape index (κ3) is 4.05. The largest absolute Gasteiger partial charge is 0.477 e. The van der Waals surface area contributed by atoms with Crippen LogP contribution >= 0.6 is 46.7 Å². The van der Waals surface area contributed by atoms with E-state index in [0.29, 0.717) is 17.1 Å². The normalized spacial score (nSPS) is 19.4.